The molecule has 2 aliphatic heterocycles. The first-order valence-electron chi connectivity index (χ1n) is 21.7. The number of carbonyl (C=O) groups excluding carboxylic acids is 3. The van der Waals surface area contributed by atoms with Gasteiger partial charge in [-0.25, -0.2) is 0 Å². The fourth-order valence-electron chi connectivity index (χ4n) is 9.13. The third kappa shape index (κ3) is 11.8. The van der Waals surface area contributed by atoms with Crippen LogP contribution in [-0.2, 0) is 37.0 Å². The van der Waals surface area contributed by atoms with Crippen LogP contribution in [0.25, 0.3) is 11.1 Å². The summed E-state index contributed by atoms with van der Waals surface area (Å²) in [5, 5.41) is 18.9. The summed E-state index contributed by atoms with van der Waals surface area (Å²) in [5.41, 5.74) is 5.56. The largest absolute Gasteiger partial charge is 0.392 e. The summed E-state index contributed by atoms with van der Waals surface area (Å²) >= 11 is 0. The number of benzene rings is 3. The number of aliphatic hydroxyl groups is 1. The van der Waals surface area contributed by atoms with Crippen molar-refractivity contribution in [1.82, 2.24) is 20.9 Å². The molecule has 6 rings (SSSR count). The number of hydrogen-bond acceptors (Lipinski definition) is 7. The number of piperidine rings is 1. The molecule has 4 N–H and O–H groups in total. The highest BCUT2D eigenvalue weighted by Gasteiger charge is 2.46. The van der Waals surface area contributed by atoms with Crippen molar-refractivity contribution in [3.05, 3.63) is 95.1 Å². The predicted molar refractivity (Wildman–Crippen MR) is 227 cm³/mol. The summed E-state index contributed by atoms with van der Waals surface area (Å²) in [6.07, 6.45) is 8.55. The number of likely N-dealkylation sites (tertiary alicyclic amines) is 1. The number of aliphatic hydroxyl groups excluding tert-OH is 1. The SMILES string of the molecule is CC(=O)NCCCCCC(=O)NCc1cccc(-c2cccc([C@H]3O[C@@H](CN4[C@@H](C(=O)NC(C)(C)C)CC[C@H]5CCCC[C@H]54)[C@@H](C)[C@@H](c4ccc(CO)cc4)O3)c2)c1. The zero-order valence-corrected chi connectivity index (χ0v) is 35.3. The third-order valence-electron chi connectivity index (χ3n) is 12.2. The first kappa shape index (κ1) is 43.5. The van der Waals surface area contributed by atoms with Gasteiger partial charge in [0.1, 0.15) is 0 Å². The van der Waals surface area contributed by atoms with E-state index in [1.54, 1.807) is 0 Å². The molecule has 2 saturated heterocycles. The number of ether oxygens (including phenoxy) is 2. The van der Waals surface area contributed by atoms with Gasteiger partial charge in [0.2, 0.25) is 17.7 Å². The van der Waals surface area contributed by atoms with Gasteiger partial charge >= 0.3 is 0 Å². The molecule has 3 aliphatic rings. The minimum absolute atomic E-state index is 0.00895. The van der Waals surface area contributed by atoms with Gasteiger partial charge in [0.15, 0.2) is 6.29 Å². The average molecular weight is 795 g/mol. The Morgan fingerprint density at radius 1 is 0.810 bits per heavy atom. The first-order valence-corrected chi connectivity index (χ1v) is 21.7. The molecular formula is C48H66N4O6. The third-order valence-corrected chi connectivity index (χ3v) is 12.2. The average Bonchev–Trinajstić information content (AvgIpc) is 3.21. The quantitative estimate of drug-likeness (QED) is 0.115. The van der Waals surface area contributed by atoms with Crippen LogP contribution in [0, 0.1) is 11.8 Å². The molecule has 0 spiro atoms. The Balaban J connectivity index is 1.20. The van der Waals surface area contributed by atoms with Crippen LogP contribution >= 0.6 is 0 Å². The highest BCUT2D eigenvalue weighted by molar-refractivity contribution is 5.82. The van der Waals surface area contributed by atoms with Crippen molar-refractivity contribution in [2.24, 2.45) is 11.8 Å². The standard InChI is InChI=1S/C48H66N4O6/c1-32-43(30-52-41-18-9-8-14-36(41)24-25-42(52)46(56)51-48(3,4)5)57-47(58-45(32)37-22-20-34(31-53)21-23-37)40-17-12-16-39(28-40)38-15-11-13-35(27-38)29-50-44(55)19-7-6-10-26-49-33(2)54/h11-13,15-17,20-23,27-28,32,36,41-43,45,47,53H,6-10,14,18-19,24-26,29-31H2,1-5H3,(H,49,54)(H,50,55)(H,51,56)/t32-,36-,41-,42-,43+,45+,47+/m1/s1. The van der Waals surface area contributed by atoms with Gasteiger partial charge in [0.25, 0.3) is 0 Å². The molecule has 3 fully saturated rings. The highest BCUT2D eigenvalue weighted by Crippen LogP contribution is 2.45. The molecule has 3 aromatic carbocycles. The second kappa shape index (κ2) is 20.2. The fourth-order valence-corrected chi connectivity index (χ4v) is 9.13. The molecule has 1 saturated carbocycles. The molecule has 0 aromatic heterocycles. The molecule has 10 nitrogen and oxygen atoms in total. The maximum Gasteiger partial charge on any atom is 0.237 e. The van der Waals surface area contributed by atoms with E-state index in [2.05, 4.69) is 70.2 Å². The Labute approximate surface area is 345 Å². The van der Waals surface area contributed by atoms with Gasteiger partial charge < -0.3 is 30.5 Å². The van der Waals surface area contributed by atoms with E-state index in [-0.39, 0.29) is 54.0 Å². The van der Waals surface area contributed by atoms with Gasteiger partial charge in [-0.15, -0.1) is 0 Å². The Morgan fingerprint density at radius 2 is 1.55 bits per heavy atom. The lowest BCUT2D eigenvalue weighted by Crippen LogP contribution is -2.61. The molecule has 7 atom stereocenters. The number of unbranched alkanes of at least 4 members (excludes halogenated alkanes) is 2. The highest BCUT2D eigenvalue weighted by atomic mass is 16.7. The first-order chi connectivity index (χ1) is 27.9. The molecule has 3 amide bonds. The fraction of sp³-hybridized carbons (Fsp3) is 0.562. The number of rotatable bonds is 15. The van der Waals surface area contributed by atoms with Crippen molar-refractivity contribution in [2.45, 2.75) is 148 Å². The van der Waals surface area contributed by atoms with Crippen molar-refractivity contribution in [3.63, 3.8) is 0 Å². The van der Waals surface area contributed by atoms with E-state index in [9.17, 15) is 19.5 Å². The van der Waals surface area contributed by atoms with Crippen LogP contribution in [0.5, 0.6) is 0 Å². The van der Waals surface area contributed by atoms with Crippen molar-refractivity contribution in [3.8, 4) is 11.1 Å². The van der Waals surface area contributed by atoms with E-state index in [0.717, 1.165) is 71.9 Å². The van der Waals surface area contributed by atoms with E-state index >= 15 is 0 Å². The summed E-state index contributed by atoms with van der Waals surface area (Å²) in [7, 11) is 0. The van der Waals surface area contributed by atoms with Gasteiger partial charge in [0.05, 0.1) is 24.9 Å². The zero-order valence-electron chi connectivity index (χ0n) is 35.3. The smallest absolute Gasteiger partial charge is 0.237 e. The summed E-state index contributed by atoms with van der Waals surface area (Å²) in [4.78, 5) is 40.1. The lowest BCUT2D eigenvalue weighted by molar-refractivity contribution is -0.278. The van der Waals surface area contributed by atoms with E-state index in [0.29, 0.717) is 38.0 Å². The molecule has 2 heterocycles. The van der Waals surface area contributed by atoms with Crippen LogP contribution in [0.1, 0.15) is 133 Å². The summed E-state index contributed by atoms with van der Waals surface area (Å²) in [6, 6.07) is 24.7. The van der Waals surface area contributed by atoms with Crippen molar-refractivity contribution < 1.29 is 29.0 Å². The Morgan fingerprint density at radius 3 is 2.29 bits per heavy atom. The Bertz CT molecular complexity index is 1830. The van der Waals surface area contributed by atoms with E-state index < -0.39 is 6.29 Å². The molecule has 0 bridgehead atoms. The maximum atomic E-state index is 13.9. The second-order valence-corrected chi connectivity index (χ2v) is 17.9. The summed E-state index contributed by atoms with van der Waals surface area (Å²) in [5.74, 6) is 0.679. The maximum absolute atomic E-state index is 13.9. The zero-order chi connectivity index (χ0) is 41.2. The van der Waals surface area contributed by atoms with Crippen LogP contribution in [0.15, 0.2) is 72.8 Å². The molecule has 0 radical (unpaired) electrons. The monoisotopic (exact) mass is 794 g/mol. The summed E-state index contributed by atoms with van der Waals surface area (Å²) in [6.45, 7) is 11.6. The van der Waals surface area contributed by atoms with Gasteiger partial charge in [0, 0.05) is 56.0 Å². The summed E-state index contributed by atoms with van der Waals surface area (Å²) < 4.78 is 13.9. The molecule has 10 heteroatoms. The molecule has 1 aliphatic carbocycles. The number of fused-ring (bicyclic) bond motifs is 1. The van der Waals surface area contributed by atoms with Crippen LogP contribution in [0.3, 0.4) is 0 Å². The topological polar surface area (TPSA) is 129 Å². The molecular weight excluding hydrogens is 729 g/mol. The van der Waals surface area contributed by atoms with Crippen LogP contribution in [0.2, 0.25) is 0 Å². The van der Waals surface area contributed by atoms with Crippen molar-refractivity contribution in [1.29, 1.82) is 0 Å². The second-order valence-electron chi connectivity index (χ2n) is 17.9. The molecule has 58 heavy (non-hydrogen) atoms. The van der Waals surface area contributed by atoms with E-state index in [1.807, 2.05) is 51.1 Å². The van der Waals surface area contributed by atoms with Crippen LogP contribution in [-0.4, -0.2) is 64.5 Å². The van der Waals surface area contributed by atoms with Crippen molar-refractivity contribution in [2.75, 3.05) is 13.1 Å². The normalized spacial score (nSPS) is 25.0. The van der Waals surface area contributed by atoms with Crippen LogP contribution in [0.4, 0.5) is 0 Å². The van der Waals surface area contributed by atoms with Gasteiger partial charge in [-0.3, -0.25) is 19.3 Å². The number of amides is 3. The Hall–Kier alpha value is -4.09. The van der Waals surface area contributed by atoms with Gasteiger partial charge in [-0.1, -0.05) is 86.8 Å². The number of nitrogens with zero attached hydrogens (tertiary/aromatic N) is 1. The predicted octanol–water partition coefficient (Wildman–Crippen LogP) is 7.89. The van der Waals surface area contributed by atoms with Gasteiger partial charge in [-0.05, 0) is 105 Å². The molecule has 3 aromatic rings. The number of hydrogen-bond donors (Lipinski definition) is 4. The number of nitrogens with one attached hydrogen (secondary N) is 3. The number of carbonyl (C=O) groups is 3. The minimum Gasteiger partial charge on any atom is -0.392 e. The van der Waals surface area contributed by atoms with Crippen LogP contribution < -0.4 is 16.0 Å². The van der Waals surface area contributed by atoms with E-state index in [4.69, 9.17) is 9.47 Å². The van der Waals surface area contributed by atoms with Gasteiger partial charge in [-0.2, -0.15) is 0 Å². The van der Waals surface area contributed by atoms with Crippen molar-refractivity contribution >= 4 is 17.7 Å². The Kier molecular flexibility index (Phi) is 15.2. The minimum atomic E-state index is -0.641. The lowest BCUT2D eigenvalue weighted by Gasteiger charge is -2.51. The molecule has 314 valence electrons. The lowest BCUT2D eigenvalue weighted by atomic mass is 9.75. The molecule has 0 unspecified atom stereocenters. The van der Waals surface area contributed by atoms with E-state index in [1.165, 1.54) is 26.2 Å².